The maximum atomic E-state index is 11.6. The van der Waals surface area contributed by atoms with Gasteiger partial charge in [0.05, 0.1) is 0 Å². The third kappa shape index (κ3) is 1.20. The van der Waals surface area contributed by atoms with E-state index in [2.05, 4.69) is 0 Å². The highest BCUT2D eigenvalue weighted by Crippen LogP contribution is 2.23. The van der Waals surface area contributed by atoms with E-state index in [1.807, 2.05) is 19.1 Å². The van der Waals surface area contributed by atoms with Crippen molar-refractivity contribution < 1.29 is 15.1 Å². The number of nitrogens with zero attached hydrogens (tertiary/aromatic N) is 1. The Labute approximate surface area is 81.3 Å². The van der Waals surface area contributed by atoms with Gasteiger partial charge in [0.2, 0.25) is 0 Å². The summed E-state index contributed by atoms with van der Waals surface area (Å²) in [6, 6.07) is 5.43. The lowest BCUT2D eigenvalue weighted by atomic mass is 9.95. The molecule has 4 nitrogen and oxygen atoms in total. The summed E-state index contributed by atoms with van der Waals surface area (Å²) in [6.07, 6.45) is -0.851. The molecule has 1 aromatic carbocycles. The highest BCUT2D eigenvalue weighted by atomic mass is 16.5. The average molecular weight is 193 g/mol. The SMILES string of the molecule is Cc1cccc2c1C(=O)N(O)C(O)C2. The van der Waals surface area contributed by atoms with Crippen molar-refractivity contribution in [3.8, 4) is 0 Å². The molecule has 0 fully saturated rings. The second-order valence-electron chi connectivity index (χ2n) is 3.44. The first-order chi connectivity index (χ1) is 6.61. The molecule has 0 aromatic heterocycles. The van der Waals surface area contributed by atoms with Crippen LogP contribution in [0.15, 0.2) is 18.2 Å². The van der Waals surface area contributed by atoms with Crippen molar-refractivity contribution in [2.24, 2.45) is 0 Å². The van der Waals surface area contributed by atoms with Crippen LogP contribution < -0.4 is 0 Å². The van der Waals surface area contributed by atoms with Crippen LogP contribution in [0.1, 0.15) is 21.5 Å². The number of hydrogen-bond donors (Lipinski definition) is 2. The number of rotatable bonds is 0. The summed E-state index contributed by atoms with van der Waals surface area (Å²) < 4.78 is 0. The first kappa shape index (κ1) is 9.18. The van der Waals surface area contributed by atoms with Gasteiger partial charge in [-0.05, 0) is 18.1 Å². The van der Waals surface area contributed by atoms with Gasteiger partial charge in [-0.15, -0.1) is 0 Å². The molecule has 2 N–H and O–H groups in total. The van der Waals surface area contributed by atoms with E-state index < -0.39 is 12.1 Å². The topological polar surface area (TPSA) is 60.8 Å². The third-order valence-electron chi connectivity index (χ3n) is 2.47. The molecule has 0 saturated carbocycles. The predicted molar refractivity (Wildman–Crippen MR) is 48.8 cm³/mol. The summed E-state index contributed by atoms with van der Waals surface area (Å²) in [5.74, 6) is -0.531. The number of hydrogen-bond acceptors (Lipinski definition) is 3. The Morgan fingerprint density at radius 2 is 2.21 bits per heavy atom. The Morgan fingerprint density at radius 3 is 2.93 bits per heavy atom. The van der Waals surface area contributed by atoms with Crippen LogP contribution in [-0.2, 0) is 6.42 Å². The molecule has 1 aliphatic heterocycles. The molecule has 2 rings (SSSR count). The molecule has 0 aliphatic carbocycles. The normalized spacial score (nSPS) is 20.9. The van der Waals surface area contributed by atoms with E-state index in [0.29, 0.717) is 10.6 Å². The lowest BCUT2D eigenvalue weighted by Gasteiger charge is -2.28. The monoisotopic (exact) mass is 193 g/mol. The Kier molecular flexibility index (Phi) is 2.02. The van der Waals surface area contributed by atoms with Crippen molar-refractivity contribution in [2.45, 2.75) is 19.6 Å². The molecule has 4 heteroatoms. The van der Waals surface area contributed by atoms with Crippen LogP contribution in [0.4, 0.5) is 0 Å². The van der Waals surface area contributed by atoms with Gasteiger partial charge in [0.15, 0.2) is 6.23 Å². The van der Waals surface area contributed by atoms with Crippen LogP contribution in [0.3, 0.4) is 0 Å². The number of carbonyl (C=O) groups excluding carboxylic acids is 1. The van der Waals surface area contributed by atoms with Crippen LogP contribution in [-0.4, -0.2) is 27.5 Å². The van der Waals surface area contributed by atoms with Crippen LogP contribution in [0.2, 0.25) is 0 Å². The van der Waals surface area contributed by atoms with Gasteiger partial charge in [-0.1, -0.05) is 18.2 Å². The van der Waals surface area contributed by atoms with Crippen molar-refractivity contribution in [1.82, 2.24) is 5.06 Å². The first-order valence-electron chi connectivity index (χ1n) is 4.40. The Morgan fingerprint density at radius 1 is 1.50 bits per heavy atom. The number of carbonyl (C=O) groups is 1. The third-order valence-corrected chi connectivity index (χ3v) is 2.47. The number of hydroxylamine groups is 2. The van der Waals surface area contributed by atoms with Gasteiger partial charge in [-0.3, -0.25) is 10.0 Å². The van der Waals surface area contributed by atoms with Gasteiger partial charge in [-0.25, -0.2) is 0 Å². The quantitative estimate of drug-likeness (QED) is 0.596. The fourth-order valence-electron chi connectivity index (χ4n) is 1.74. The zero-order valence-corrected chi connectivity index (χ0v) is 7.77. The van der Waals surface area contributed by atoms with E-state index in [1.54, 1.807) is 6.07 Å². The fourth-order valence-corrected chi connectivity index (χ4v) is 1.74. The largest absolute Gasteiger partial charge is 0.371 e. The van der Waals surface area contributed by atoms with E-state index in [1.165, 1.54) is 0 Å². The summed E-state index contributed by atoms with van der Waals surface area (Å²) in [4.78, 5) is 11.6. The standard InChI is InChI=1S/C10H11NO3/c1-6-3-2-4-7-5-8(12)11(14)10(13)9(6)7/h2-4,8,12,14H,5H2,1H3. The van der Waals surface area contributed by atoms with E-state index in [4.69, 9.17) is 0 Å². The van der Waals surface area contributed by atoms with Crippen molar-refractivity contribution in [1.29, 1.82) is 0 Å². The van der Waals surface area contributed by atoms with Gasteiger partial charge >= 0.3 is 0 Å². The first-order valence-corrected chi connectivity index (χ1v) is 4.40. The molecule has 1 aromatic rings. The minimum Gasteiger partial charge on any atom is -0.371 e. The molecule has 0 radical (unpaired) electrons. The van der Waals surface area contributed by atoms with Gasteiger partial charge < -0.3 is 5.11 Å². The summed E-state index contributed by atoms with van der Waals surface area (Å²) in [7, 11) is 0. The zero-order valence-electron chi connectivity index (χ0n) is 7.77. The smallest absolute Gasteiger partial charge is 0.280 e. The predicted octanol–water partition coefficient (Wildman–Crippen LogP) is 0.701. The molecule has 74 valence electrons. The maximum Gasteiger partial charge on any atom is 0.280 e. The van der Waals surface area contributed by atoms with Crippen molar-refractivity contribution in [2.75, 3.05) is 0 Å². The molecule has 0 spiro atoms. The molecule has 1 heterocycles. The lowest BCUT2D eigenvalue weighted by Crippen LogP contribution is -2.43. The van der Waals surface area contributed by atoms with Gasteiger partial charge in [0.1, 0.15) is 0 Å². The minimum atomic E-state index is -1.13. The molecule has 1 unspecified atom stereocenters. The van der Waals surface area contributed by atoms with Gasteiger partial charge in [-0.2, -0.15) is 5.06 Å². The van der Waals surface area contributed by atoms with E-state index in [-0.39, 0.29) is 6.42 Å². The molecule has 0 bridgehead atoms. The molecule has 1 aliphatic rings. The van der Waals surface area contributed by atoms with Gasteiger partial charge in [0, 0.05) is 12.0 Å². The fraction of sp³-hybridized carbons (Fsp3) is 0.300. The number of aryl methyl sites for hydroxylation is 1. The van der Waals surface area contributed by atoms with E-state index >= 15 is 0 Å². The van der Waals surface area contributed by atoms with Gasteiger partial charge in [0.25, 0.3) is 5.91 Å². The van der Waals surface area contributed by atoms with Crippen LogP contribution in [0.5, 0.6) is 0 Å². The number of aliphatic hydroxyl groups excluding tert-OH is 1. The molecular weight excluding hydrogens is 182 g/mol. The van der Waals surface area contributed by atoms with Crippen LogP contribution in [0.25, 0.3) is 0 Å². The number of benzene rings is 1. The zero-order chi connectivity index (χ0) is 10.3. The number of fused-ring (bicyclic) bond motifs is 1. The molecule has 1 amide bonds. The van der Waals surface area contributed by atoms with Crippen molar-refractivity contribution in [3.05, 3.63) is 34.9 Å². The van der Waals surface area contributed by atoms with Crippen molar-refractivity contribution in [3.63, 3.8) is 0 Å². The molecule has 1 atom stereocenters. The summed E-state index contributed by atoms with van der Waals surface area (Å²) in [5, 5.41) is 19.0. The van der Waals surface area contributed by atoms with Crippen LogP contribution in [0, 0.1) is 6.92 Å². The second kappa shape index (κ2) is 3.08. The van der Waals surface area contributed by atoms with Crippen LogP contribution >= 0.6 is 0 Å². The van der Waals surface area contributed by atoms with E-state index in [0.717, 1.165) is 11.1 Å². The Hall–Kier alpha value is -1.39. The van der Waals surface area contributed by atoms with E-state index in [9.17, 15) is 15.1 Å². The lowest BCUT2D eigenvalue weighted by molar-refractivity contribution is -0.160. The summed E-state index contributed by atoms with van der Waals surface area (Å²) in [6.45, 7) is 1.81. The second-order valence-corrected chi connectivity index (χ2v) is 3.44. The summed E-state index contributed by atoms with van der Waals surface area (Å²) >= 11 is 0. The highest BCUT2D eigenvalue weighted by molar-refractivity contribution is 5.97. The average Bonchev–Trinajstić information content (AvgIpc) is 2.14. The summed E-state index contributed by atoms with van der Waals surface area (Å²) in [5.41, 5.74) is 2.10. The maximum absolute atomic E-state index is 11.6. The minimum absolute atomic E-state index is 0.277. The molecule has 14 heavy (non-hydrogen) atoms. The highest BCUT2D eigenvalue weighted by Gasteiger charge is 2.30. The van der Waals surface area contributed by atoms with Crippen molar-refractivity contribution >= 4 is 5.91 Å². The Bertz CT molecular complexity index is 389. The number of amides is 1. The molecule has 0 saturated heterocycles. The Balaban J connectivity index is 2.57. The molecular formula is C10H11NO3. The number of aliphatic hydroxyl groups is 1.